The van der Waals surface area contributed by atoms with E-state index in [9.17, 15) is 24.0 Å². The van der Waals surface area contributed by atoms with Crippen molar-refractivity contribution < 1.29 is 28.7 Å². The van der Waals surface area contributed by atoms with Crippen LogP contribution < -0.4 is 10.6 Å². The highest BCUT2D eigenvalue weighted by Crippen LogP contribution is 2.33. The molecule has 1 atom stereocenters. The number of carbonyl (C=O) groups is 5. The number of allylic oxidation sites excluding steroid dienone is 1. The van der Waals surface area contributed by atoms with Gasteiger partial charge in [-0.25, -0.2) is 4.79 Å². The van der Waals surface area contributed by atoms with Crippen molar-refractivity contribution in [3.8, 4) is 0 Å². The second-order valence-electron chi connectivity index (χ2n) is 7.97. The predicted octanol–water partition coefficient (Wildman–Crippen LogP) is 0.354. The van der Waals surface area contributed by atoms with E-state index in [1.165, 1.54) is 4.90 Å². The summed E-state index contributed by atoms with van der Waals surface area (Å²) in [4.78, 5) is 62.0. The number of carbonyl (C=O) groups excluding carboxylic acids is 5. The Labute approximate surface area is 162 Å². The Bertz CT molecular complexity index is 833. The van der Waals surface area contributed by atoms with Crippen LogP contribution in [0.4, 0.5) is 4.79 Å². The molecule has 1 unspecified atom stereocenters. The lowest BCUT2D eigenvalue weighted by atomic mass is 9.91. The van der Waals surface area contributed by atoms with Crippen LogP contribution in [0.5, 0.6) is 0 Å². The number of alkyl carbamates (subject to hydrolysis) is 1. The average molecular weight is 389 g/mol. The molecule has 2 heterocycles. The molecule has 0 bridgehead atoms. The van der Waals surface area contributed by atoms with Crippen LogP contribution in [0, 0.1) is 0 Å². The largest absolute Gasteiger partial charge is 0.444 e. The van der Waals surface area contributed by atoms with E-state index < -0.39 is 29.6 Å². The highest BCUT2D eigenvalue weighted by Gasteiger charge is 2.43. The molecule has 28 heavy (non-hydrogen) atoms. The summed E-state index contributed by atoms with van der Waals surface area (Å²) in [5.41, 5.74) is 0.451. The maximum Gasteiger partial charge on any atom is 0.407 e. The number of ketones is 1. The van der Waals surface area contributed by atoms with Crippen LogP contribution in [0.2, 0.25) is 0 Å². The van der Waals surface area contributed by atoms with Crippen molar-refractivity contribution in [2.45, 2.75) is 51.7 Å². The Kier molecular flexibility index (Phi) is 5.10. The first kappa shape index (κ1) is 19.8. The third-order valence-electron chi connectivity index (χ3n) is 4.70. The van der Waals surface area contributed by atoms with E-state index in [0.717, 1.165) is 0 Å². The van der Waals surface area contributed by atoms with Crippen molar-refractivity contribution in [2.24, 2.45) is 0 Å². The molecule has 9 heteroatoms. The van der Waals surface area contributed by atoms with E-state index in [2.05, 4.69) is 10.6 Å². The Morgan fingerprint density at radius 1 is 1.29 bits per heavy atom. The first-order valence-electron chi connectivity index (χ1n) is 9.14. The van der Waals surface area contributed by atoms with E-state index in [4.69, 9.17) is 4.74 Å². The number of imide groups is 1. The van der Waals surface area contributed by atoms with Gasteiger partial charge in [-0.2, -0.15) is 0 Å². The third kappa shape index (κ3) is 3.97. The summed E-state index contributed by atoms with van der Waals surface area (Å²) in [6.45, 7) is 5.29. The standard InChI is InChI=1S/C19H23N3O6/c1-19(2,3)28-18(27)20-8-10-4-6-13(23)11-9-22(17(26)15(10)11)12-5-7-14(24)21-16(12)25/h4,12H,5-9H2,1-3H3,(H,20,27)(H,21,24,25). The summed E-state index contributed by atoms with van der Waals surface area (Å²) in [7, 11) is 0. The number of nitrogens with zero attached hydrogens (tertiary/aromatic N) is 1. The molecule has 2 aliphatic heterocycles. The lowest BCUT2D eigenvalue weighted by Crippen LogP contribution is -2.53. The van der Waals surface area contributed by atoms with Crippen molar-refractivity contribution in [2.75, 3.05) is 13.1 Å². The predicted molar refractivity (Wildman–Crippen MR) is 96.9 cm³/mol. The molecule has 150 valence electrons. The average Bonchev–Trinajstić information content (AvgIpc) is 2.91. The van der Waals surface area contributed by atoms with Gasteiger partial charge in [0.2, 0.25) is 11.8 Å². The number of hydrogen-bond acceptors (Lipinski definition) is 6. The van der Waals surface area contributed by atoms with Gasteiger partial charge in [0.05, 0.1) is 12.1 Å². The molecule has 0 aromatic rings. The SMILES string of the molecule is CC(C)(C)OC(=O)NCC1=CCC(=O)C2=C1C(=O)N(C1CCC(=O)NC1=O)C2. The smallest absolute Gasteiger partial charge is 0.407 e. The molecule has 0 aromatic heterocycles. The number of nitrogens with one attached hydrogen (secondary N) is 2. The Morgan fingerprint density at radius 3 is 2.64 bits per heavy atom. The van der Waals surface area contributed by atoms with Gasteiger partial charge in [-0.15, -0.1) is 0 Å². The Hall–Kier alpha value is -2.97. The van der Waals surface area contributed by atoms with E-state index in [1.54, 1.807) is 26.8 Å². The molecule has 3 rings (SSSR count). The van der Waals surface area contributed by atoms with Crippen LogP contribution in [-0.4, -0.2) is 59.2 Å². The van der Waals surface area contributed by atoms with Gasteiger partial charge in [0, 0.05) is 25.0 Å². The number of rotatable bonds is 3. The van der Waals surface area contributed by atoms with Crippen molar-refractivity contribution in [1.82, 2.24) is 15.5 Å². The summed E-state index contributed by atoms with van der Waals surface area (Å²) in [5.74, 6) is -1.52. The molecule has 4 amide bonds. The van der Waals surface area contributed by atoms with Crippen molar-refractivity contribution in [3.63, 3.8) is 0 Å². The van der Waals surface area contributed by atoms with Gasteiger partial charge >= 0.3 is 6.09 Å². The molecule has 2 N–H and O–H groups in total. The van der Waals surface area contributed by atoms with Crippen LogP contribution in [0.1, 0.15) is 40.0 Å². The van der Waals surface area contributed by atoms with Crippen LogP contribution in [0.15, 0.2) is 22.8 Å². The number of hydrogen-bond donors (Lipinski definition) is 2. The zero-order valence-corrected chi connectivity index (χ0v) is 16.1. The summed E-state index contributed by atoms with van der Waals surface area (Å²) in [6.07, 6.45) is 1.48. The van der Waals surface area contributed by atoms with Gasteiger partial charge in [0.15, 0.2) is 5.78 Å². The summed E-state index contributed by atoms with van der Waals surface area (Å²) < 4.78 is 5.19. The van der Waals surface area contributed by atoms with Gasteiger partial charge in [0.1, 0.15) is 11.6 Å². The molecule has 3 aliphatic rings. The molecule has 9 nitrogen and oxygen atoms in total. The minimum absolute atomic E-state index is 0.0308. The van der Waals surface area contributed by atoms with Crippen LogP contribution in [0.25, 0.3) is 0 Å². The van der Waals surface area contributed by atoms with Crippen molar-refractivity contribution in [1.29, 1.82) is 0 Å². The van der Waals surface area contributed by atoms with Gasteiger partial charge in [0.25, 0.3) is 5.91 Å². The van der Waals surface area contributed by atoms with Crippen LogP contribution in [0.3, 0.4) is 0 Å². The lowest BCUT2D eigenvalue weighted by molar-refractivity contribution is -0.142. The molecule has 1 saturated heterocycles. The lowest BCUT2D eigenvalue weighted by Gasteiger charge is -2.29. The van der Waals surface area contributed by atoms with Crippen molar-refractivity contribution in [3.05, 3.63) is 22.8 Å². The fourth-order valence-corrected chi connectivity index (χ4v) is 3.47. The first-order chi connectivity index (χ1) is 13.1. The molecular weight excluding hydrogens is 366 g/mol. The van der Waals surface area contributed by atoms with E-state index in [0.29, 0.717) is 11.1 Å². The summed E-state index contributed by atoms with van der Waals surface area (Å²) in [5, 5.41) is 4.83. The van der Waals surface area contributed by atoms with Crippen molar-refractivity contribution >= 4 is 29.6 Å². The van der Waals surface area contributed by atoms with E-state index in [1.807, 2.05) is 0 Å². The molecule has 0 aromatic carbocycles. The molecule has 1 aliphatic carbocycles. The van der Waals surface area contributed by atoms with E-state index in [-0.39, 0.29) is 49.6 Å². The minimum atomic E-state index is -0.788. The highest BCUT2D eigenvalue weighted by molar-refractivity contribution is 6.15. The fraction of sp³-hybridized carbons (Fsp3) is 0.526. The van der Waals surface area contributed by atoms with Crippen LogP contribution in [-0.2, 0) is 23.9 Å². The van der Waals surface area contributed by atoms with Gasteiger partial charge < -0.3 is 15.0 Å². The maximum absolute atomic E-state index is 13.0. The number of ether oxygens (including phenoxy) is 1. The summed E-state index contributed by atoms with van der Waals surface area (Å²) >= 11 is 0. The zero-order chi connectivity index (χ0) is 20.6. The second-order valence-corrected chi connectivity index (χ2v) is 7.97. The normalized spacial score (nSPS) is 22.8. The highest BCUT2D eigenvalue weighted by atomic mass is 16.6. The second kappa shape index (κ2) is 7.21. The summed E-state index contributed by atoms with van der Waals surface area (Å²) in [6, 6.07) is -0.788. The van der Waals surface area contributed by atoms with Gasteiger partial charge in [-0.1, -0.05) is 6.08 Å². The monoisotopic (exact) mass is 389 g/mol. The van der Waals surface area contributed by atoms with Gasteiger partial charge in [-0.3, -0.25) is 24.5 Å². The Balaban J connectivity index is 1.73. The topological polar surface area (TPSA) is 122 Å². The van der Waals surface area contributed by atoms with Gasteiger partial charge in [-0.05, 0) is 32.8 Å². The third-order valence-corrected chi connectivity index (χ3v) is 4.70. The van der Waals surface area contributed by atoms with E-state index >= 15 is 0 Å². The quantitative estimate of drug-likeness (QED) is 0.672. The molecule has 1 fully saturated rings. The molecular formula is C19H23N3O6. The molecule has 0 spiro atoms. The zero-order valence-electron chi connectivity index (χ0n) is 16.1. The minimum Gasteiger partial charge on any atom is -0.444 e. The number of piperidine rings is 1. The number of amides is 4. The molecule has 0 radical (unpaired) electrons. The maximum atomic E-state index is 13.0. The molecule has 0 saturated carbocycles. The first-order valence-corrected chi connectivity index (χ1v) is 9.14. The number of Topliss-reactive ketones (excluding diaryl/α,β-unsaturated/α-hetero) is 1. The fourth-order valence-electron chi connectivity index (χ4n) is 3.47. The van der Waals surface area contributed by atoms with Crippen LogP contribution >= 0.6 is 0 Å². The Morgan fingerprint density at radius 2 is 2.00 bits per heavy atom.